The number of carbonyl (C=O) groups excluding carboxylic acids is 2. The molecule has 1 aliphatic heterocycles. The van der Waals surface area contributed by atoms with Crippen LogP contribution in [0.25, 0.3) is 11.1 Å². The minimum Gasteiger partial charge on any atom is -0.460 e. The Hall–Kier alpha value is -3.02. The molecule has 2 amide bonds. The Kier molecular flexibility index (Phi) is 5.50. The maximum atomic E-state index is 14.2. The molecule has 184 valence electrons. The quantitative estimate of drug-likeness (QED) is 0.498. The summed E-state index contributed by atoms with van der Waals surface area (Å²) in [5.74, 6) is 0.694. The van der Waals surface area contributed by atoms with E-state index in [0.29, 0.717) is 17.8 Å². The smallest absolute Gasteiger partial charge is 0.272 e. The summed E-state index contributed by atoms with van der Waals surface area (Å²) in [7, 11) is 0. The molecule has 0 spiro atoms. The fraction of sp³-hybridized carbons (Fsp3) is 0.517. The van der Waals surface area contributed by atoms with Crippen molar-refractivity contribution in [2.24, 2.45) is 0 Å². The highest BCUT2D eigenvalue weighted by atomic mass is 16.3. The van der Waals surface area contributed by atoms with E-state index in [0.717, 1.165) is 56.2 Å². The third-order valence-electron chi connectivity index (χ3n) is 8.48. The maximum Gasteiger partial charge on any atom is 0.272 e. The molecule has 0 unspecified atom stereocenters. The van der Waals surface area contributed by atoms with Crippen LogP contribution in [0.4, 0.5) is 0 Å². The lowest BCUT2D eigenvalue weighted by molar-refractivity contribution is -0.135. The van der Waals surface area contributed by atoms with Gasteiger partial charge in [0.25, 0.3) is 5.91 Å². The van der Waals surface area contributed by atoms with E-state index in [1.165, 1.54) is 24.0 Å². The minimum atomic E-state index is -0.997. The van der Waals surface area contributed by atoms with E-state index in [-0.39, 0.29) is 23.9 Å². The van der Waals surface area contributed by atoms with Gasteiger partial charge in [-0.15, -0.1) is 0 Å². The number of nitrogens with zero attached hydrogens (tertiary/aromatic N) is 2. The summed E-state index contributed by atoms with van der Waals surface area (Å²) in [5.41, 5.74) is 3.68. The van der Waals surface area contributed by atoms with Crippen LogP contribution in [0, 0.1) is 6.92 Å². The second-order valence-electron chi connectivity index (χ2n) is 10.9. The molecule has 6 heteroatoms. The number of carbonyl (C=O) groups is 2. The van der Waals surface area contributed by atoms with Crippen LogP contribution in [0.3, 0.4) is 0 Å². The van der Waals surface area contributed by atoms with Crippen LogP contribution in [0.2, 0.25) is 0 Å². The van der Waals surface area contributed by atoms with Gasteiger partial charge in [-0.3, -0.25) is 9.59 Å². The second kappa shape index (κ2) is 8.58. The summed E-state index contributed by atoms with van der Waals surface area (Å²) in [5, 5.41) is 3.39. The molecule has 2 aliphatic carbocycles. The van der Waals surface area contributed by atoms with Gasteiger partial charge in [0.05, 0.1) is 18.1 Å². The molecule has 0 bridgehead atoms. The van der Waals surface area contributed by atoms with Crippen LogP contribution in [0.15, 0.2) is 40.8 Å². The summed E-state index contributed by atoms with van der Waals surface area (Å²) in [6, 6.07) is 12.3. The van der Waals surface area contributed by atoms with E-state index in [9.17, 15) is 9.59 Å². The summed E-state index contributed by atoms with van der Waals surface area (Å²) in [6.45, 7) is 4.31. The van der Waals surface area contributed by atoms with E-state index in [4.69, 9.17) is 4.42 Å². The number of fused-ring (bicyclic) bond motifs is 4. The molecule has 0 radical (unpaired) electrons. The third-order valence-corrected chi connectivity index (χ3v) is 8.48. The zero-order valence-electron chi connectivity index (χ0n) is 20.8. The molecular formula is C29H35N3O3. The summed E-state index contributed by atoms with van der Waals surface area (Å²) < 4.78 is 7.88. The lowest BCUT2D eigenvalue weighted by Gasteiger charge is -2.49. The van der Waals surface area contributed by atoms with Crippen molar-refractivity contribution in [3.05, 3.63) is 59.0 Å². The zero-order chi connectivity index (χ0) is 24.2. The molecule has 3 heterocycles. The molecular weight excluding hydrogens is 438 g/mol. The van der Waals surface area contributed by atoms with Crippen LogP contribution < -0.4 is 5.32 Å². The summed E-state index contributed by atoms with van der Waals surface area (Å²) in [4.78, 5) is 30.3. The first-order chi connectivity index (χ1) is 17.0. The highest BCUT2D eigenvalue weighted by Crippen LogP contribution is 2.43. The van der Waals surface area contributed by atoms with Crippen molar-refractivity contribution in [3.63, 3.8) is 0 Å². The number of furan rings is 1. The molecule has 35 heavy (non-hydrogen) atoms. The van der Waals surface area contributed by atoms with Crippen molar-refractivity contribution in [1.29, 1.82) is 0 Å². The molecule has 6 rings (SSSR count). The molecule has 1 fully saturated rings. The molecule has 1 N–H and O–H groups in total. The average molecular weight is 474 g/mol. The number of hydrogen-bond acceptors (Lipinski definition) is 3. The number of rotatable bonds is 3. The highest BCUT2D eigenvalue weighted by Gasteiger charge is 2.51. The maximum absolute atomic E-state index is 14.2. The van der Waals surface area contributed by atoms with E-state index in [1.807, 2.05) is 41.5 Å². The van der Waals surface area contributed by atoms with Crippen LogP contribution in [0.1, 0.15) is 91.7 Å². The topological polar surface area (TPSA) is 67.5 Å². The Labute approximate surface area is 206 Å². The fourth-order valence-electron chi connectivity index (χ4n) is 6.67. The first kappa shape index (κ1) is 22.4. The highest BCUT2D eigenvalue weighted by molar-refractivity contribution is 6.03. The SMILES string of the molecule is Cc1cc2c(cc3n2C[C@@](C)(C(=O)NC2CCCCCC2)N([C@@H]2CCCc4ccccc42)C3=O)o1. The Morgan fingerprint density at radius 1 is 1.06 bits per heavy atom. The molecule has 6 nitrogen and oxygen atoms in total. The van der Waals surface area contributed by atoms with Gasteiger partial charge in [-0.25, -0.2) is 0 Å². The van der Waals surface area contributed by atoms with E-state index in [2.05, 4.69) is 23.5 Å². The molecule has 2 atom stereocenters. The lowest BCUT2D eigenvalue weighted by atomic mass is 9.82. The lowest BCUT2D eigenvalue weighted by Crippen LogP contribution is -2.65. The van der Waals surface area contributed by atoms with Gasteiger partial charge in [0.15, 0.2) is 5.58 Å². The minimum absolute atomic E-state index is 0.0338. The number of nitrogens with one attached hydrogen (secondary N) is 1. The number of aryl methyl sites for hydroxylation is 2. The Bertz CT molecular complexity index is 1280. The fourth-order valence-corrected chi connectivity index (χ4v) is 6.67. The van der Waals surface area contributed by atoms with Gasteiger partial charge >= 0.3 is 0 Å². The molecule has 1 aromatic carbocycles. The predicted octanol–water partition coefficient (Wildman–Crippen LogP) is 5.67. The van der Waals surface area contributed by atoms with Crippen LogP contribution in [-0.4, -0.2) is 32.9 Å². The Morgan fingerprint density at radius 3 is 2.63 bits per heavy atom. The Balaban J connectivity index is 1.44. The first-order valence-corrected chi connectivity index (χ1v) is 13.3. The molecule has 0 saturated heterocycles. The van der Waals surface area contributed by atoms with E-state index >= 15 is 0 Å². The van der Waals surface area contributed by atoms with Gasteiger partial charge < -0.3 is 19.2 Å². The largest absolute Gasteiger partial charge is 0.460 e. The molecule has 2 aromatic heterocycles. The van der Waals surface area contributed by atoms with Crippen LogP contribution in [-0.2, 0) is 17.8 Å². The number of benzene rings is 1. The Morgan fingerprint density at radius 2 is 1.83 bits per heavy atom. The molecule has 3 aliphatic rings. The average Bonchev–Trinajstić information content (AvgIpc) is 3.24. The number of aromatic nitrogens is 1. The van der Waals surface area contributed by atoms with E-state index in [1.54, 1.807) is 0 Å². The van der Waals surface area contributed by atoms with Crippen LogP contribution >= 0.6 is 0 Å². The standard InChI is InChI=1S/C29H35N3O3/c1-19-16-24-26(35-19)17-25-27(33)32(23-15-9-11-20-10-7-8-14-22(20)23)29(2,18-31(24)25)28(34)30-21-12-5-3-4-6-13-21/h7-8,10,14,16-17,21,23H,3-6,9,11-13,15,18H2,1-2H3,(H,30,34)/t23-,29+/m1/s1. The normalized spacial score (nSPS) is 25.3. The van der Waals surface area contributed by atoms with Crippen molar-refractivity contribution in [2.75, 3.05) is 0 Å². The van der Waals surface area contributed by atoms with Gasteiger partial charge in [0.2, 0.25) is 5.91 Å². The summed E-state index contributed by atoms with van der Waals surface area (Å²) in [6.07, 6.45) is 9.69. The van der Waals surface area contributed by atoms with Gasteiger partial charge in [0, 0.05) is 18.2 Å². The monoisotopic (exact) mass is 473 g/mol. The predicted molar refractivity (Wildman–Crippen MR) is 135 cm³/mol. The van der Waals surface area contributed by atoms with Crippen molar-refractivity contribution in [2.45, 2.75) is 95.8 Å². The van der Waals surface area contributed by atoms with Crippen molar-refractivity contribution < 1.29 is 14.0 Å². The van der Waals surface area contributed by atoms with Crippen molar-refractivity contribution in [1.82, 2.24) is 14.8 Å². The molecule has 1 saturated carbocycles. The number of amides is 2. The zero-order valence-corrected chi connectivity index (χ0v) is 20.8. The number of hydrogen-bond donors (Lipinski definition) is 1. The van der Waals surface area contributed by atoms with Gasteiger partial charge in [-0.1, -0.05) is 49.9 Å². The van der Waals surface area contributed by atoms with Gasteiger partial charge in [-0.2, -0.15) is 0 Å². The second-order valence-corrected chi connectivity index (χ2v) is 10.9. The first-order valence-electron chi connectivity index (χ1n) is 13.3. The van der Waals surface area contributed by atoms with Gasteiger partial charge in [-0.05, 0) is 57.1 Å². The van der Waals surface area contributed by atoms with Gasteiger partial charge in [0.1, 0.15) is 17.0 Å². The third kappa shape index (κ3) is 3.69. The van der Waals surface area contributed by atoms with Crippen LogP contribution in [0.5, 0.6) is 0 Å². The molecule has 3 aromatic rings. The summed E-state index contributed by atoms with van der Waals surface area (Å²) >= 11 is 0. The van der Waals surface area contributed by atoms with Crippen molar-refractivity contribution >= 4 is 22.9 Å². The van der Waals surface area contributed by atoms with Crippen molar-refractivity contribution in [3.8, 4) is 0 Å². The van der Waals surface area contributed by atoms with E-state index < -0.39 is 5.54 Å².